The van der Waals surface area contributed by atoms with E-state index >= 15 is 0 Å². The van der Waals surface area contributed by atoms with E-state index in [9.17, 15) is 8.42 Å². The first-order valence-electron chi connectivity index (χ1n) is 6.77. The molecule has 2 N–H and O–H groups in total. The fourth-order valence-corrected chi connectivity index (χ4v) is 3.20. The first kappa shape index (κ1) is 13.3. The van der Waals surface area contributed by atoms with E-state index in [-0.39, 0.29) is 5.75 Å². The molecule has 0 radical (unpaired) electrons. The molecule has 0 bridgehead atoms. The highest BCUT2D eigenvalue weighted by Crippen LogP contribution is 2.36. The molecule has 0 heterocycles. The normalized spacial score (nSPS) is 22.6. The van der Waals surface area contributed by atoms with E-state index in [0.717, 1.165) is 12.5 Å². The van der Waals surface area contributed by atoms with Crippen molar-refractivity contribution in [1.29, 1.82) is 0 Å². The van der Waals surface area contributed by atoms with Crippen LogP contribution in [0.3, 0.4) is 0 Å². The SMILES string of the molecule is CC(CNS(=O)(=O)CCCNC1CC1)C1CC1. The summed E-state index contributed by atoms with van der Waals surface area (Å²) in [5.74, 6) is 1.51. The van der Waals surface area contributed by atoms with Crippen LogP contribution in [0.1, 0.15) is 39.0 Å². The molecule has 2 saturated carbocycles. The van der Waals surface area contributed by atoms with Crippen LogP contribution in [0.25, 0.3) is 0 Å². The third kappa shape index (κ3) is 5.36. The van der Waals surface area contributed by atoms with E-state index in [1.165, 1.54) is 25.7 Å². The van der Waals surface area contributed by atoms with Gasteiger partial charge in [-0.3, -0.25) is 0 Å². The maximum absolute atomic E-state index is 11.7. The van der Waals surface area contributed by atoms with Crippen molar-refractivity contribution in [3.8, 4) is 0 Å². The van der Waals surface area contributed by atoms with Gasteiger partial charge in [0.25, 0.3) is 0 Å². The summed E-state index contributed by atoms with van der Waals surface area (Å²) < 4.78 is 26.1. The molecule has 2 fully saturated rings. The molecule has 0 aromatic heterocycles. The van der Waals surface area contributed by atoms with Gasteiger partial charge in [-0.15, -0.1) is 0 Å². The van der Waals surface area contributed by atoms with Gasteiger partial charge in [-0.2, -0.15) is 0 Å². The van der Waals surface area contributed by atoms with Crippen molar-refractivity contribution in [3.05, 3.63) is 0 Å². The zero-order chi connectivity index (χ0) is 12.3. The third-order valence-corrected chi connectivity index (χ3v) is 5.08. The van der Waals surface area contributed by atoms with Crippen LogP contribution in [-0.2, 0) is 10.0 Å². The van der Waals surface area contributed by atoms with Gasteiger partial charge in [-0.25, -0.2) is 13.1 Å². The van der Waals surface area contributed by atoms with Gasteiger partial charge in [-0.05, 0) is 50.5 Å². The first-order chi connectivity index (χ1) is 8.07. The van der Waals surface area contributed by atoms with Gasteiger partial charge >= 0.3 is 0 Å². The lowest BCUT2D eigenvalue weighted by Crippen LogP contribution is -2.32. The van der Waals surface area contributed by atoms with Gasteiger partial charge in [0.1, 0.15) is 0 Å². The molecule has 0 aromatic rings. The second-order valence-corrected chi connectivity index (χ2v) is 7.49. The maximum atomic E-state index is 11.7. The smallest absolute Gasteiger partial charge is 0.211 e. The molecule has 5 heteroatoms. The zero-order valence-electron chi connectivity index (χ0n) is 10.6. The van der Waals surface area contributed by atoms with Crippen molar-refractivity contribution in [2.24, 2.45) is 11.8 Å². The van der Waals surface area contributed by atoms with Gasteiger partial charge in [0, 0.05) is 12.6 Å². The van der Waals surface area contributed by atoms with E-state index in [1.807, 2.05) is 0 Å². The topological polar surface area (TPSA) is 58.2 Å². The summed E-state index contributed by atoms with van der Waals surface area (Å²) in [6, 6.07) is 0.667. The number of hydrogen-bond acceptors (Lipinski definition) is 3. The Morgan fingerprint density at radius 1 is 1.24 bits per heavy atom. The summed E-state index contributed by atoms with van der Waals surface area (Å²) >= 11 is 0. The molecule has 100 valence electrons. The number of nitrogens with one attached hydrogen (secondary N) is 2. The highest BCUT2D eigenvalue weighted by atomic mass is 32.2. The number of hydrogen-bond donors (Lipinski definition) is 2. The van der Waals surface area contributed by atoms with Crippen LogP contribution in [0, 0.1) is 11.8 Å². The Balaban J connectivity index is 1.55. The molecule has 2 aliphatic rings. The fraction of sp³-hybridized carbons (Fsp3) is 1.00. The Bertz CT molecular complexity index is 334. The van der Waals surface area contributed by atoms with Crippen molar-refractivity contribution in [3.63, 3.8) is 0 Å². The standard InChI is InChI=1S/C12H24N2O2S/c1-10(11-3-4-11)9-14-17(15,16)8-2-7-13-12-5-6-12/h10-14H,2-9H2,1H3. The molecule has 2 rings (SSSR count). The molecule has 1 atom stereocenters. The minimum absolute atomic E-state index is 0.254. The van der Waals surface area contributed by atoms with Crippen LogP contribution < -0.4 is 10.0 Å². The van der Waals surface area contributed by atoms with Gasteiger partial charge in [0.2, 0.25) is 10.0 Å². The highest BCUT2D eigenvalue weighted by molar-refractivity contribution is 7.89. The number of rotatable bonds is 9. The summed E-state index contributed by atoms with van der Waals surface area (Å²) in [6.07, 6.45) is 5.76. The van der Waals surface area contributed by atoms with Crippen molar-refractivity contribution in [2.45, 2.75) is 45.1 Å². The Kier molecular flexibility index (Phi) is 4.44. The van der Waals surface area contributed by atoms with Gasteiger partial charge in [-0.1, -0.05) is 6.92 Å². The largest absolute Gasteiger partial charge is 0.314 e. The molecule has 0 spiro atoms. The molecular formula is C12H24N2O2S. The molecule has 2 aliphatic carbocycles. The Hall–Kier alpha value is -0.130. The fourth-order valence-electron chi connectivity index (χ4n) is 2.02. The average Bonchev–Trinajstić information content (AvgIpc) is 3.14. The van der Waals surface area contributed by atoms with Gasteiger partial charge in [0.05, 0.1) is 5.75 Å². The molecule has 0 aromatic carbocycles. The first-order valence-corrected chi connectivity index (χ1v) is 8.43. The van der Waals surface area contributed by atoms with Crippen LogP contribution in [0.2, 0.25) is 0 Å². The van der Waals surface area contributed by atoms with E-state index in [2.05, 4.69) is 17.0 Å². The third-order valence-electron chi connectivity index (χ3n) is 3.65. The summed E-state index contributed by atoms with van der Waals surface area (Å²) in [5, 5.41) is 3.33. The zero-order valence-corrected chi connectivity index (χ0v) is 11.4. The minimum Gasteiger partial charge on any atom is -0.314 e. The molecule has 1 unspecified atom stereocenters. The van der Waals surface area contributed by atoms with Crippen LogP contribution in [-0.4, -0.2) is 33.3 Å². The monoisotopic (exact) mass is 260 g/mol. The van der Waals surface area contributed by atoms with Gasteiger partial charge in [0.15, 0.2) is 0 Å². The van der Waals surface area contributed by atoms with Crippen molar-refractivity contribution >= 4 is 10.0 Å². The Morgan fingerprint density at radius 3 is 2.53 bits per heavy atom. The molecule has 0 amide bonds. The quantitative estimate of drug-likeness (QED) is 0.610. The minimum atomic E-state index is -3.05. The lowest BCUT2D eigenvalue weighted by molar-refractivity contribution is 0.491. The number of sulfonamides is 1. The highest BCUT2D eigenvalue weighted by Gasteiger charge is 2.28. The predicted molar refractivity (Wildman–Crippen MR) is 69.3 cm³/mol. The summed E-state index contributed by atoms with van der Waals surface area (Å²) in [7, 11) is -3.05. The molecule has 17 heavy (non-hydrogen) atoms. The summed E-state index contributed by atoms with van der Waals surface area (Å²) in [5.41, 5.74) is 0. The second kappa shape index (κ2) is 5.67. The Morgan fingerprint density at radius 2 is 1.94 bits per heavy atom. The van der Waals surface area contributed by atoms with E-state index in [1.54, 1.807) is 0 Å². The van der Waals surface area contributed by atoms with E-state index in [0.29, 0.717) is 24.9 Å². The summed E-state index contributed by atoms with van der Waals surface area (Å²) in [4.78, 5) is 0. The van der Waals surface area contributed by atoms with Crippen LogP contribution >= 0.6 is 0 Å². The van der Waals surface area contributed by atoms with Crippen LogP contribution in [0.4, 0.5) is 0 Å². The average molecular weight is 260 g/mol. The maximum Gasteiger partial charge on any atom is 0.211 e. The second-order valence-electron chi connectivity index (χ2n) is 5.56. The molecular weight excluding hydrogens is 236 g/mol. The molecule has 0 aliphatic heterocycles. The van der Waals surface area contributed by atoms with E-state index in [4.69, 9.17) is 0 Å². The predicted octanol–water partition coefficient (Wildman–Crippen LogP) is 1.09. The van der Waals surface area contributed by atoms with Crippen molar-refractivity contribution < 1.29 is 8.42 Å². The van der Waals surface area contributed by atoms with Crippen molar-refractivity contribution in [1.82, 2.24) is 10.0 Å². The molecule has 0 saturated heterocycles. The summed E-state index contributed by atoms with van der Waals surface area (Å²) in [6.45, 7) is 3.57. The van der Waals surface area contributed by atoms with Crippen LogP contribution in [0.15, 0.2) is 0 Å². The lowest BCUT2D eigenvalue weighted by atomic mass is 10.1. The van der Waals surface area contributed by atoms with E-state index < -0.39 is 10.0 Å². The lowest BCUT2D eigenvalue weighted by Gasteiger charge is -2.12. The van der Waals surface area contributed by atoms with Gasteiger partial charge < -0.3 is 5.32 Å². The Labute approximate surface area is 105 Å². The van der Waals surface area contributed by atoms with Crippen molar-refractivity contribution in [2.75, 3.05) is 18.8 Å². The van der Waals surface area contributed by atoms with Crippen LogP contribution in [0.5, 0.6) is 0 Å². The molecule has 4 nitrogen and oxygen atoms in total.